The van der Waals surface area contributed by atoms with Crippen molar-refractivity contribution >= 4 is 11.3 Å². The van der Waals surface area contributed by atoms with Crippen molar-refractivity contribution in [3.05, 3.63) is 22.4 Å². The highest BCUT2D eigenvalue weighted by molar-refractivity contribution is 7.07. The van der Waals surface area contributed by atoms with Crippen LogP contribution < -0.4 is 0 Å². The summed E-state index contributed by atoms with van der Waals surface area (Å²) in [5, 5.41) is 13.9. The summed E-state index contributed by atoms with van der Waals surface area (Å²) in [4.78, 5) is 0. The van der Waals surface area contributed by atoms with Crippen molar-refractivity contribution in [2.24, 2.45) is 5.92 Å². The molecule has 0 amide bonds. The van der Waals surface area contributed by atoms with Crippen LogP contribution in [-0.4, -0.2) is 10.7 Å². The Morgan fingerprint density at radius 3 is 3.00 bits per heavy atom. The van der Waals surface area contributed by atoms with Gasteiger partial charge in [0.05, 0.1) is 5.60 Å². The highest BCUT2D eigenvalue weighted by atomic mass is 32.1. The number of hydrogen-bond donors (Lipinski definition) is 1. The van der Waals surface area contributed by atoms with Crippen molar-refractivity contribution in [2.75, 3.05) is 0 Å². The summed E-state index contributed by atoms with van der Waals surface area (Å²) in [7, 11) is 0. The van der Waals surface area contributed by atoms with E-state index in [-0.39, 0.29) is 5.60 Å². The fraction of sp³-hybridized carbons (Fsp3) is 0.556. The Hall–Kier alpha value is -0.340. The zero-order valence-electron chi connectivity index (χ0n) is 6.58. The number of hydrogen-bond acceptors (Lipinski definition) is 2. The topological polar surface area (TPSA) is 20.2 Å². The summed E-state index contributed by atoms with van der Waals surface area (Å²) in [5.41, 5.74) is 0.919. The summed E-state index contributed by atoms with van der Waals surface area (Å²) in [6.45, 7) is 2.10. The second kappa shape index (κ2) is 2.32. The molecule has 1 aromatic heterocycles. The Kier molecular flexibility index (Phi) is 1.55. The highest BCUT2D eigenvalue weighted by Crippen LogP contribution is 2.45. The maximum atomic E-state index is 9.77. The predicted octanol–water partition coefficient (Wildman–Crippen LogP) is 2.06. The summed E-state index contributed by atoms with van der Waals surface area (Å²) in [6.07, 6.45) is 1.82. The molecule has 0 aromatic carbocycles. The first-order chi connectivity index (χ1) is 5.21. The van der Waals surface area contributed by atoms with Gasteiger partial charge in [0.1, 0.15) is 0 Å². The van der Waals surface area contributed by atoms with Crippen LogP contribution in [0.4, 0.5) is 0 Å². The molecule has 0 radical (unpaired) electrons. The maximum Gasteiger partial charge on any atom is 0.0718 e. The SMILES string of the molecule is CC1CC1(O)Cc1ccsc1. The monoisotopic (exact) mass is 168 g/mol. The highest BCUT2D eigenvalue weighted by Gasteiger charge is 2.49. The molecule has 0 aliphatic heterocycles. The van der Waals surface area contributed by atoms with Crippen molar-refractivity contribution in [1.82, 2.24) is 0 Å². The lowest BCUT2D eigenvalue weighted by molar-refractivity contribution is 0.135. The van der Waals surface area contributed by atoms with Crippen molar-refractivity contribution < 1.29 is 5.11 Å². The molecule has 11 heavy (non-hydrogen) atoms. The Morgan fingerprint density at radius 2 is 2.55 bits per heavy atom. The average Bonchev–Trinajstić information content (AvgIpc) is 2.43. The van der Waals surface area contributed by atoms with E-state index in [0.29, 0.717) is 5.92 Å². The fourth-order valence-electron chi connectivity index (χ4n) is 1.46. The molecule has 0 bridgehead atoms. The molecule has 1 fully saturated rings. The van der Waals surface area contributed by atoms with Gasteiger partial charge in [0.2, 0.25) is 0 Å². The van der Waals surface area contributed by atoms with E-state index in [4.69, 9.17) is 0 Å². The zero-order chi connectivity index (χ0) is 7.90. The third kappa shape index (κ3) is 1.33. The molecule has 0 saturated heterocycles. The first-order valence-electron chi connectivity index (χ1n) is 3.94. The zero-order valence-corrected chi connectivity index (χ0v) is 7.40. The molecule has 2 rings (SSSR count). The first kappa shape index (κ1) is 7.32. The van der Waals surface area contributed by atoms with E-state index in [2.05, 4.69) is 23.8 Å². The minimum atomic E-state index is -0.360. The third-order valence-corrected chi connectivity index (χ3v) is 3.24. The Morgan fingerprint density at radius 1 is 1.82 bits per heavy atom. The molecule has 2 atom stereocenters. The summed E-state index contributed by atoms with van der Waals surface area (Å²) in [5.74, 6) is 0.502. The largest absolute Gasteiger partial charge is 0.389 e. The molecule has 1 aliphatic carbocycles. The van der Waals surface area contributed by atoms with Crippen molar-refractivity contribution in [2.45, 2.75) is 25.4 Å². The number of rotatable bonds is 2. The van der Waals surface area contributed by atoms with Crippen LogP contribution in [0.15, 0.2) is 16.8 Å². The molecular weight excluding hydrogens is 156 g/mol. The van der Waals surface area contributed by atoms with E-state index in [0.717, 1.165) is 12.8 Å². The minimum Gasteiger partial charge on any atom is -0.389 e. The second-order valence-electron chi connectivity index (χ2n) is 3.52. The molecule has 1 aromatic rings. The van der Waals surface area contributed by atoms with Gasteiger partial charge in [0.15, 0.2) is 0 Å². The summed E-state index contributed by atoms with van der Waals surface area (Å²) >= 11 is 1.70. The van der Waals surface area contributed by atoms with Crippen LogP contribution in [0.2, 0.25) is 0 Å². The van der Waals surface area contributed by atoms with Crippen molar-refractivity contribution in [3.8, 4) is 0 Å². The third-order valence-electron chi connectivity index (χ3n) is 2.51. The van der Waals surface area contributed by atoms with E-state index in [1.807, 2.05) is 0 Å². The van der Waals surface area contributed by atoms with Crippen LogP contribution in [-0.2, 0) is 6.42 Å². The number of thiophene rings is 1. The maximum absolute atomic E-state index is 9.77. The van der Waals surface area contributed by atoms with Gasteiger partial charge in [-0.25, -0.2) is 0 Å². The van der Waals surface area contributed by atoms with Gasteiger partial charge in [0.25, 0.3) is 0 Å². The van der Waals surface area contributed by atoms with E-state index < -0.39 is 0 Å². The quantitative estimate of drug-likeness (QED) is 0.716. The van der Waals surface area contributed by atoms with Crippen LogP contribution in [0, 0.1) is 5.92 Å². The van der Waals surface area contributed by atoms with Gasteiger partial charge >= 0.3 is 0 Å². The van der Waals surface area contributed by atoms with Gasteiger partial charge in [-0.05, 0) is 34.7 Å². The Bertz CT molecular complexity index is 242. The molecule has 1 saturated carbocycles. The Balaban J connectivity index is 2.02. The van der Waals surface area contributed by atoms with Crippen LogP contribution >= 0.6 is 11.3 Å². The minimum absolute atomic E-state index is 0.360. The smallest absolute Gasteiger partial charge is 0.0718 e. The van der Waals surface area contributed by atoms with E-state index in [1.165, 1.54) is 5.56 Å². The Labute approximate surface area is 70.7 Å². The van der Waals surface area contributed by atoms with E-state index in [9.17, 15) is 5.11 Å². The molecule has 1 heterocycles. The molecule has 60 valence electrons. The average molecular weight is 168 g/mol. The van der Waals surface area contributed by atoms with Crippen LogP contribution in [0.5, 0.6) is 0 Å². The van der Waals surface area contributed by atoms with Gasteiger partial charge in [-0.15, -0.1) is 0 Å². The van der Waals surface area contributed by atoms with E-state index in [1.54, 1.807) is 11.3 Å². The van der Waals surface area contributed by atoms with Crippen molar-refractivity contribution in [1.29, 1.82) is 0 Å². The molecule has 1 nitrogen and oxygen atoms in total. The normalized spacial score (nSPS) is 35.6. The molecule has 1 N–H and O–H groups in total. The lowest BCUT2D eigenvalue weighted by Crippen LogP contribution is -2.13. The molecule has 1 aliphatic rings. The van der Waals surface area contributed by atoms with Gasteiger partial charge in [-0.2, -0.15) is 11.3 Å². The lowest BCUT2D eigenvalue weighted by atomic mass is 10.1. The lowest BCUT2D eigenvalue weighted by Gasteiger charge is -2.05. The standard InChI is InChI=1S/C9H12OS/c1-7-4-9(7,10)5-8-2-3-11-6-8/h2-3,6-7,10H,4-5H2,1H3. The van der Waals surface area contributed by atoms with E-state index >= 15 is 0 Å². The predicted molar refractivity (Wildman–Crippen MR) is 46.8 cm³/mol. The van der Waals surface area contributed by atoms with Gasteiger partial charge in [-0.3, -0.25) is 0 Å². The first-order valence-corrected chi connectivity index (χ1v) is 4.88. The molecule has 2 heteroatoms. The van der Waals surface area contributed by atoms with Crippen molar-refractivity contribution in [3.63, 3.8) is 0 Å². The molecule has 0 spiro atoms. The van der Waals surface area contributed by atoms with Gasteiger partial charge in [0, 0.05) is 6.42 Å². The van der Waals surface area contributed by atoms with Crippen LogP contribution in [0.3, 0.4) is 0 Å². The van der Waals surface area contributed by atoms with Gasteiger partial charge < -0.3 is 5.11 Å². The van der Waals surface area contributed by atoms with Crippen LogP contribution in [0.1, 0.15) is 18.9 Å². The summed E-state index contributed by atoms with van der Waals surface area (Å²) in [6, 6.07) is 2.09. The van der Waals surface area contributed by atoms with Gasteiger partial charge in [-0.1, -0.05) is 6.92 Å². The fourth-order valence-corrected chi connectivity index (χ4v) is 2.13. The van der Waals surface area contributed by atoms with Crippen LogP contribution in [0.25, 0.3) is 0 Å². The summed E-state index contributed by atoms with van der Waals surface area (Å²) < 4.78 is 0. The second-order valence-corrected chi connectivity index (χ2v) is 4.30. The molecular formula is C9H12OS. The number of aliphatic hydroxyl groups is 1. The molecule has 2 unspecified atom stereocenters.